The van der Waals surface area contributed by atoms with E-state index in [0.29, 0.717) is 37.7 Å². The Kier molecular flexibility index (Phi) is 10.8. The molecule has 13 heteroatoms. The number of ether oxygens (including phenoxy) is 2. The third kappa shape index (κ3) is 8.11. The summed E-state index contributed by atoms with van der Waals surface area (Å²) in [6.45, 7) is 0.272. The summed E-state index contributed by atoms with van der Waals surface area (Å²) in [5.41, 5.74) is 1.45. The minimum absolute atomic E-state index is 0.0713. The number of hydrogen-bond acceptors (Lipinski definition) is 6. The van der Waals surface area contributed by atoms with E-state index >= 15 is 4.39 Å². The van der Waals surface area contributed by atoms with Gasteiger partial charge in [0.25, 0.3) is 5.91 Å². The number of hydrogen-bond donors (Lipinski definition) is 2. The van der Waals surface area contributed by atoms with Gasteiger partial charge in [0.1, 0.15) is 12.4 Å². The molecule has 252 valence electrons. The third-order valence-electron chi connectivity index (χ3n) is 9.05. The van der Waals surface area contributed by atoms with Gasteiger partial charge < -0.3 is 34.3 Å². The molecule has 1 saturated carbocycles. The monoisotopic (exact) mass is 670 g/mol. The molecule has 2 atom stereocenters. The van der Waals surface area contributed by atoms with Crippen LogP contribution in [0.1, 0.15) is 48.0 Å². The summed E-state index contributed by atoms with van der Waals surface area (Å²) >= 11 is 6.49. The normalized spacial score (nSPS) is 21.2. The molecule has 2 aliphatic rings. The Morgan fingerprint density at radius 3 is 2.49 bits per heavy atom. The summed E-state index contributed by atoms with van der Waals surface area (Å²) < 4.78 is 29.2. The van der Waals surface area contributed by atoms with Crippen molar-refractivity contribution >= 4 is 51.9 Å². The number of carbonyl (C=O) groups is 4. The maximum absolute atomic E-state index is 15.4. The maximum atomic E-state index is 15.4. The summed E-state index contributed by atoms with van der Waals surface area (Å²) in [7, 11) is 5.09. The number of nitrogens with one attached hydrogen (secondary N) is 1. The van der Waals surface area contributed by atoms with Gasteiger partial charge in [0.2, 0.25) is 11.8 Å². The molecule has 1 aliphatic heterocycles. The lowest BCUT2D eigenvalue weighted by atomic mass is 9.87. The van der Waals surface area contributed by atoms with Crippen molar-refractivity contribution in [3.63, 3.8) is 0 Å². The third-order valence-corrected chi connectivity index (χ3v) is 9.37. The van der Waals surface area contributed by atoms with Crippen LogP contribution in [0, 0.1) is 11.7 Å². The molecule has 1 aliphatic carbocycles. The van der Waals surface area contributed by atoms with E-state index in [4.69, 9.17) is 21.1 Å². The zero-order chi connectivity index (χ0) is 33.8. The highest BCUT2D eigenvalue weighted by molar-refractivity contribution is 6.34. The van der Waals surface area contributed by atoms with Gasteiger partial charge in [-0.15, -0.1) is 0 Å². The Labute approximate surface area is 277 Å². The van der Waals surface area contributed by atoms with Crippen LogP contribution in [-0.2, 0) is 37.3 Å². The fourth-order valence-corrected chi connectivity index (χ4v) is 6.53. The fraction of sp³-hybridized carbons (Fsp3) is 0.471. The van der Waals surface area contributed by atoms with Crippen LogP contribution in [0.4, 0.5) is 10.1 Å². The van der Waals surface area contributed by atoms with E-state index in [1.807, 2.05) is 35.9 Å². The van der Waals surface area contributed by atoms with E-state index in [0.717, 1.165) is 17.0 Å². The number of rotatable bonds is 11. The van der Waals surface area contributed by atoms with Crippen LogP contribution in [0.25, 0.3) is 10.9 Å². The zero-order valence-corrected chi connectivity index (χ0v) is 27.5. The molecule has 2 fully saturated rings. The molecule has 2 N–H and O–H groups in total. The van der Waals surface area contributed by atoms with E-state index in [1.54, 1.807) is 25.2 Å². The van der Waals surface area contributed by atoms with E-state index in [2.05, 4.69) is 5.32 Å². The Hall–Kier alpha value is -4.00. The number of carboxylic acids is 1. The van der Waals surface area contributed by atoms with Gasteiger partial charge in [0, 0.05) is 44.8 Å². The number of likely N-dealkylation sites (tertiary alicyclic amines) is 1. The molecule has 0 bridgehead atoms. The predicted octanol–water partition coefficient (Wildman–Crippen LogP) is 4.50. The number of aryl methyl sites for hydroxylation is 1. The van der Waals surface area contributed by atoms with Gasteiger partial charge in [-0.2, -0.15) is 0 Å². The molecule has 1 aromatic heterocycles. The van der Waals surface area contributed by atoms with Gasteiger partial charge in [-0.05, 0) is 55.9 Å². The number of benzene rings is 2. The number of halogens is 2. The predicted molar refractivity (Wildman–Crippen MR) is 174 cm³/mol. The number of nitrogens with zero attached hydrogens (tertiary/aromatic N) is 3. The first kappa shape index (κ1) is 34.3. The molecule has 2 aromatic carbocycles. The molecule has 47 heavy (non-hydrogen) atoms. The second-order valence-corrected chi connectivity index (χ2v) is 12.9. The molecule has 1 saturated heterocycles. The standard InChI is InChI=1S/C34H40ClFN4O7/c1-38(2)32(42)19-47-24-14-22(18-46-23-10-8-20(9-11-23)34(44)45)40(16-24)31(41)13-21-12-27(35)29(15-28(21)36)37-33(43)26-17-39(3)30-7-5-4-6-25(26)30/h4-7,12,15,17,20,22-24H,8-11,13-14,16,18-19H2,1-3H3,(H,37,43)(H,44,45)/t20?,22-,23?,24-/m0/s1. The highest BCUT2D eigenvalue weighted by atomic mass is 35.5. The molecule has 3 amide bonds. The molecule has 0 unspecified atom stereocenters. The Morgan fingerprint density at radius 2 is 1.79 bits per heavy atom. The number of aliphatic carboxylic acids is 1. The average molecular weight is 671 g/mol. The molecule has 2 heterocycles. The van der Waals surface area contributed by atoms with Crippen molar-refractivity contribution in [3.8, 4) is 0 Å². The van der Waals surface area contributed by atoms with E-state index in [1.165, 1.54) is 11.0 Å². The molecule has 5 rings (SSSR count). The number of aromatic nitrogens is 1. The summed E-state index contributed by atoms with van der Waals surface area (Å²) in [5, 5.41) is 12.8. The average Bonchev–Trinajstić information content (AvgIpc) is 3.62. The SMILES string of the molecule is CN(C)C(=O)CO[C@H]1C[C@@H](COC2CCC(C(=O)O)CC2)N(C(=O)Cc2cc(Cl)c(NC(=O)c3cn(C)c4ccccc34)cc2F)C1. The summed E-state index contributed by atoms with van der Waals surface area (Å²) in [5.74, 6) is -2.87. The van der Waals surface area contributed by atoms with Crippen LogP contribution in [0.5, 0.6) is 0 Å². The van der Waals surface area contributed by atoms with Crippen LogP contribution in [0.15, 0.2) is 42.6 Å². The number of likely N-dealkylation sites (N-methyl/N-ethyl adjacent to an activating group) is 1. The lowest BCUT2D eigenvalue weighted by Gasteiger charge is -2.30. The number of carboxylic acid groups (broad SMARTS) is 1. The first-order chi connectivity index (χ1) is 22.4. The summed E-state index contributed by atoms with van der Waals surface area (Å²) in [6.07, 6.45) is 3.59. The second kappa shape index (κ2) is 14.8. The largest absolute Gasteiger partial charge is 0.481 e. The second-order valence-electron chi connectivity index (χ2n) is 12.5. The summed E-state index contributed by atoms with van der Waals surface area (Å²) in [6, 6.07) is 9.52. The zero-order valence-electron chi connectivity index (χ0n) is 26.7. The van der Waals surface area contributed by atoms with Crippen LogP contribution < -0.4 is 5.32 Å². The van der Waals surface area contributed by atoms with Gasteiger partial charge in [-0.3, -0.25) is 19.2 Å². The van der Waals surface area contributed by atoms with Gasteiger partial charge in [-0.1, -0.05) is 29.8 Å². The Balaban J connectivity index is 1.25. The van der Waals surface area contributed by atoms with Crippen LogP contribution in [0.2, 0.25) is 5.02 Å². The first-order valence-corrected chi connectivity index (χ1v) is 16.1. The molecular formula is C34H40ClFN4O7. The topological polar surface area (TPSA) is 130 Å². The lowest BCUT2D eigenvalue weighted by Crippen LogP contribution is -2.41. The van der Waals surface area contributed by atoms with Gasteiger partial charge in [-0.25, -0.2) is 4.39 Å². The van der Waals surface area contributed by atoms with E-state index in [9.17, 15) is 24.3 Å². The van der Waals surface area contributed by atoms with Crippen LogP contribution in [0.3, 0.4) is 0 Å². The van der Waals surface area contributed by atoms with Gasteiger partial charge in [0.05, 0.1) is 53.5 Å². The fourth-order valence-electron chi connectivity index (χ4n) is 6.30. The van der Waals surface area contributed by atoms with Gasteiger partial charge in [0.15, 0.2) is 0 Å². The number of amides is 3. The molecular weight excluding hydrogens is 631 g/mol. The van der Waals surface area contributed by atoms with Crippen molar-refractivity contribution in [1.29, 1.82) is 0 Å². The van der Waals surface area contributed by atoms with Crippen molar-refractivity contribution in [2.24, 2.45) is 13.0 Å². The van der Waals surface area contributed by atoms with Crippen molar-refractivity contribution in [2.75, 3.05) is 39.2 Å². The smallest absolute Gasteiger partial charge is 0.306 e. The van der Waals surface area contributed by atoms with E-state index in [-0.39, 0.29) is 72.3 Å². The van der Waals surface area contributed by atoms with E-state index < -0.39 is 23.8 Å². The van der Waals surface area contributed by atoms with Crippen LogP contribution >= 0.6 is 11.6 Å². The first-order valence-electron chi connectivity index (χ1n) is 15.7. The quantitative estimate of drug-likeness (QED) is 0.307. The molecule has 0 spiro atoms. The van der Waals surface area contributed by atoms with Gasteiger partial charge >= 0.3 is 5.97 Å². The number of fused-ring (bicyclic) bond motifs is 1. The molecule has 3 aromatic rings. The van der Waals surface area contributed by atoms with Crippen molar-refractivity contribution in [3.05, 3.63) is 64.6 Å². The molecule has 11 nitrogen and oxygen atoms in total. The van der Waals surface area contributed by atoms with Crippen molar-refractivity contribution in [1.82, 2.24) is 14.4 Å². The highest BCUT2D eigenvalue weighted by Crippen LogP contribution is 2.31. The maximum Gasteiger partial charge on any atom is 0.306 e. The van der Waals surface area contributed by atoms with Crippen molar-refractivity contribution < 1.29 is 38.1 Å². The Bertz CT molecular complexity index is 1650. The molecule has 0 radical (unpaired) electrons. The lowest BCUT2D eigenvalue weighted by molar-refractivity contribution is -0.144. The Morgan fingerprint density at radius 1 is 1.06 bits per heavy atom. The summed E-state index contributed by atoms with van der Waals surface area (Å²) in [4.78, 5) is 53.2. The number of anilines is 1. The minimum atomic E-state index is -0.796. The van der Waals surface area contributed by atoms with Crippen LogP contribution in [-0.4, -0.2) is 95.3 Å². The number of carbonyl (C=O) groups excluding carboxylic acids is 3. The van der Waals surface area contributed by atoms with Crippen molar-refractivity contribution in [2.45, 2.75) is 56.8 Å². The minimum Gasteiger partial charge on any atom is -0.481 e. The highest BCUT2D eigenvalue weighted by Gasteiger charge is 2.37. The number of para-hydroxylation sites is 1.